The molecule has 0 aliphatic heterocycles. The zero-order chi connectivity index (χ0) is 9.84. The Hall–Kier alpha value is -1.58. The van der Waals surface area contributed by atoms with Crippen LogP contribution in [-0.4, -0.2) is 5.09 Å². The van der Waals surface area contributed by atoms with Crippen molar-refractivity contribution in [2.24, 2.45) is 0 Å². The molecule has 0 amide bonds. The summed E-state index contributed by atoms with van der Waals surface area (Å²) < 4.78 is 0. The van der Waals surface area contributed by atoms with E-state index in [1.54, 1.807) is 12.1 Å². The first-order chi connectivity index (χ1) is 6.09. The fourth-order valence-corrected chi connectivity index (χ4v) is 1.000. The molecule has 1 aromatic carbocycles. The van der Waals surface area contributed by atoms with Crippen LogP contribution in [0.25, 0.3) is 0 Å². The molecule has 0 radical (unpaired) electrons. The maximum Gasteiger partial charge on any atom is 0.299 e. The summed E-state index contributed by atoms with van der Waals surface area (Å²) in [5.41, 5.74) is 1.13. The molecule has 0 spiro atoms. The summed E-state index contributed by atoms with van der Waals surface area (Å²) >= 11 is 0. The molecular formula is C9H11NO3. The van der Waals surface area contributed by atoms with Gasteiger partial charge in [0.25, 0.3) is 5.09 Å². The van der Waals surface area contributed by atoms with Crippen LogP contribution in [0.2, 0.25) is 0 Å². The lowest BCUT2D eigenvalue weighted by Crippen LogP contribution is -2.03. The van der Waals surface area contributed by atoms with Crippen molar-refractivity contribution in [2.75, 3.05) is 0 Å². The van der Waals surface area contributed by atoms with Crippen molar-refractivity contribution < 1.29 is 9.92 Å². The zero-order valence-electron chi connectivity index (χ0n) is 7.56. The summed E-state index contributed by atoms with van der Waals surface area (Å²) in [6.07, 6.45) is 0. The highest BCUT2D eigenvalue weighted by Gasteiger charge is 2.01. The summed E-state index contributed by atoms with van der Waals surface area (Å²) in [5, 5.41) is 9.16. The van der Waals surface area contributed by atoms with Gasteiger partial charge in [0.15, 0.2) is 0 Å². The van der Waals surface area contributed by atoms with E-state index >= 15 is 0 Å². The van der Waals surface area contributed by atoms with Crippen molar-refractivity contribution in [1.29, 1.82) is 0 Å². The second kappa shape index (κ2) is 3.89. The second-order valence-electron chi connectivity index (χ2n) is 3.04. The zero-order valence-corrected chi connectivity index (χ0v) is 7.56. The van der Waals surface area contributed by atoms with E-state index in [2.05, 4.69) is 18.7 Å². The van der Waals surface area contributed by atoms with Gasteiger partial charge in [-0.3, -0.25) is 4.84 Å². The van der Waals surface area contributed by atoms with Crippen LogP contribution in [0, 0.1) is 10.1 Å². The van der Waals surface area contributed by atoms with Gasteiger partial charge in [0, 0.05) is 0 Å². The van der Waals surface area contributed by atoms with Crippen molar-refractivity contribution in [3.63, 3.8) is 0 Å². The Balaban J connectivity index is 2.75. The highest BCUT2D eigenvalue weighted by atomic mass is 17.0. The van der Waals surface area contributed by atoms with Crippen LogP contribution in [0.1, 0.15) is 25.3 Å². The minimum absolute atomic E-state index is 0.259. The van der Waals surface area contributed by atoms with Crippen LogP contribution in [0.15, 0.2) is 24.3 Å². The minimum Gasteiger partial charge on any atom is -0.276 e. The molecule has 4 nitrogen and oxygen atoms in total. The lowest BCUT2D eigenvalue weighted by molar-refractivity contribution is -0.711. The standard InChI is InChI=1S/C9H11NO3/c1-7(2)8-3-5-9(6-4-8)13-10(11)12/h3-7H,1-2H3. The summed E-state index contributed by atoms with van der Waals surface area (Å²) in [4.78, 5) is 14.2. The number of rotatable bonds is 3. The molecule has 0 aliphatic carbocycles. The van der Waals surface area contributed by atoms with Gasteiger partial charge in [-0.15, -0.1) is 10.1 Å². The third kappa shape index (κ3) is 2.74. The first-order valence-corrected chi connectivity index (χ1v) is 4.02. The smallest absolute Gasteiger partial charge is 0.276 e. The van der Waals surface area contributed by atoms with E-state index in [0.29, 0.717) is 5.92 Å². The minimum atomic E-state index is -0.815. The molecule has 4 heteroatoms. The van der Waals surface area contributed by atoms with Crippen LogP contribution in [0.4, 0.5) is 0 Å². The van der Waals surface area contributed by atoms with Gasteiger partial charge in [-0.25, -0.2) is 0 Å². The van der Waals surface area contributed by atoms with Crippen molar-refractivity contribution in [3.8, 4) is 5.75 Å². The SMILES string of the molecule is CC(C)c1ccc(O[N+](=O)[O-])cc1. The molecule has 0 bridgehead atoms. The second-order valence-corrected chi connectivity index (χ2v) is 3.04. The molecule has 0 saturated heterocycles. The van der Waals surface area contributed by atoms with Gasteiger partial charge in [0.1, 0.15) is 5.75 Å². The van der Waals surface area contributed by atoms with Gasteiger partial charge in [-0.1, -0.05) is 26.0 Å². The molecule has 0 heterocycles. The van der Waals surface area contributed by atoms with Gasteiger partial charge in [-0.2, -0.15) is 0 Å². The van der Waals surface area contributed by atoms with Crippen LogP contribution >= 0.6 is 0 Å². The fraction of sp³-hybridized carbons (Fsp3) is 0.333. The predicted molar refractivity (Wildman–Crippen MR) is 48.2 cm³/mol. The highest BCUT2D eigenvalue weighted by Crippen LogP contribution is 2.18. The van der Waals surface area contributed by atoms with Crippen LogP contribution < -0.4 is 4.84 Å². The Bertz CT molecular complexity index is 292. The Morgan fingerprint density at radius 2 is 1.85 bits per heavy atom. The summed E-state index contributed by atoms with van der Waals surface area (Å²) in [6.45, 7) is 4.12. The molecule has 1 aromatic rings. The quantitative estimate of drug-likeness (QED) is 0.531. The molecule has 70 valence electrons. The average molecular weight is 181 g/mol. The lowest BCUT2D eigenvalue weighted by atomic mass is 10.0. The largest absolute Gasteiger partial charge is 0.299 e. The normalized spacial score (nSPS) is 10.1. The monoisotopic (exact) mass is 181 g/mol. The molecule has 0 fully saturated rings. The van der Waals surface area contributed by atoms with Gasteiger partial charge in [-0.05, 0) is 23.6 Å². The van der Waals surface area contributed by atoms with E-state index in [4.69, 9.17) is 0 Å². The number of benzene rings is 1. The van der Waals surface area contributed by atoms with E-state index in [1.807, 2.05) is 12.1 Å². The molecule has 0 aliphatic rings. The van der Waals surface area contributed by atoms with Crippen molar-refractivity contribution in [3.05, 3.63) is 39.9 Å². The fourth-order valence-electron chi connectivity index (χ4n) is 1.000. The van der Waals surface area contributed by atoms with E-state index in [1.165, 1.54) is 0 Å². The molecule has 0 unspecified atom stereocenters. The van der Waals surface area contributed by atoms with E-state index in [-0.39, 0.29) is 5.75 Å². The van der Waals surface area contributed by atoms with Gasteiger partial charge in [0.2, 0.25) is 0 Å². The molecule has 1 rings (SSSR count). The summed E-state index contributed by atoms with van der Waals surface area (Å²) in [5.74, 6) is 0.680. The predicted octanol–water partition coefficient (Wildman–Crippen LogP) is 2.38. The topological polar surface area (TPSA) is 52.4 Å². The van der Waals surface area contributed by atoms with Gasteiger partial charge < -0.3 is 0 Å². The molecule has 0 aromatic heterocycles. The number of hydrogen-bond acceptors (Lipinski definition) is 3. The maximum absolute atomic E-state index is 9.97. The highest BCUT2D eigenvalue weighted by molar-refractivity contribution is 5.28. The van der Waals surface area contributed by atoms with Crippen LogP contribution in [-0.2, 0) is 0 Å². The third-order valence-corrected chi connectivity index (χ3v) is 1.73. The van der Waals surface area contributed by atoms with E-state index in [9.17, 15) is 10.1 Å². The number of nitrogens with zero attached hydrogens (tertiary/aromatic N) is 1. The Labute approximate surface area is 76.2 Å². The average Bonchev–Trinajstić information content (AvgIpc) is 2.04. The third-order valence-electron chi connectivity index (χ3n) is 1.73. The first-order valence-electron chi connectivity index (χ1n) is 4.02. The molecule has 0 saturated carbocycles. The maximum atomic E-state index is 9.97. The molecule has 13 heavy (non-hydrogen) atoms. The van der Waals surface area contributed by atoms with Crippen LogP contribution in [0.3, 0.4) is 0 Å². The Morgan fingerprint density at radius 1 is 1.31 bits per heavy atom. The number of hydrogen-bond donors (Lipinski definition) is 0. The summed E-state index contributed by atoms with van der Waals surface area (Å²) in [7, 11) is 0. The van der Waals surface area contributed by atoms with Gasteiger partial charge >= 0.3 is 0 Å². The summed E-state index contributed by atoms with van der Waals surface area (Å²) in [6, 6.07) is 6.84. The Morgan fingerprint density at radius 3 is 2.23 bits per heavy atom. The first kappa shape index (κ1) is 9.51. The lowest BCUT2D eigenvalue weighted by Gasteiger charge is -2.04. The molecule has 0 N–H and O–H groups in total. The Kier molecular flexibility index (Phi) is 2.84. The van der Waals surface area contributed by atoms with Crippen molar-refractivity contribution >= 4 is 0 Å². The van der Waals surface area contributed by atoms with E-state index < -0.39 is 5.09 Å². The van der Waals surface area contributed by atoms with Gasteiger partial charge in [0.05, 0.1) is 0 Å². The molecule has 0 atom stereocenters. The molecular weight excluding hydrogens is 170 g/mol. The van der Waals surface area contributed by atoms with Crippen LogP contribution in [0.5, 0.6) is 5.75 Å². The van der Waals surface area contributed by atoms with Crippen molar-refractivity contribution in [1.82, 2.24) is 0 Å². The van der Waals surface area contributed by atoms with Crippen molar-refractivity contribution in [2.45, 2.75) is 19.8 Å². The van der Waals surface area contributed by atoms with E-state index in [0.717, 1.165) is 5.56 Å².